The Bertz CT molecular complexity index is 226. The Morgan fingerprint density at radius 2 is 2.13 bits per heavy atom. The van der Waals surface area contributed by atoms with Gasteiger partial charge < -0.3 is 4.90 Å². The zero-order chi connectivity index (χ0) is 10.7. The van der Waals surface area contributed by atoms with Gasteiger partial charge in [0.25, 0.3) is 0 Å². The third-order valence-corrected chi connectivity index (χ3v) is 4.85. The van der Waals surface area contributed by atoms with Crippen LogP contribution in [-0.2, 0) is 4.79 Å². The summed E-state index contributed by atoms with van der Waals surface area (Å²) in [4.78, 5) is 14.0. The molecule has 0 aromatic rings. The molecular formula is C12H21NOS. The monoisotopic (exact) mass is 227 g/mol. The normalized spacial score (nSPS) is 27.5. The van der Waals surface area contributed by atoms with Crippen molar-refractivity contribution in [2.75, 3.05) is 12.3 Å². The van der Waals surface area contributed by atoms with Gasteiger partial charge in [-0.05, 0) is 19.3 Å². The van der Waals surface area contributed by atoms with Crippen molar-refractivity contribution in [1.29, 1.82) is 0 Å². The predicted octanol–water partition coefficient (Wildman–Crippen LogP) is 2.88. The van der Waals surface area contributed by atoms with E-state index in [0.717, 1.165) is 31.1 Å². The van der Waals surface area contributed by atoms with Gasteiger partial charge >= 0.3 is 0 Å². The molecule has 3 heteroatoms. The second-order valence-electron chi connectivity index (χ2n) is 4.75. The maximum Gasteiger partial charge on any atom is 0.223 e. The van der Waals surface area contributed by atoms with Gasteiger partial charge in [-0.25, -0.2) is 0 Å². The number of nitrogens with zero attached hydrogens (tertiary/aromatic N) is 1. The molecule has 2 nitrogen and oxygen atoms in total. The number of hydrogen-bond donors (Lipinski definition) is 0. The zero-order valence-electron chi connectivity index (χ0n) is 9.58. The summed E-state index contributed by atoms with van der Waals surface area (Å²) in [5, 5.41) is 0.418. The van der Waals surface area contributed by atoms with E-state index in [1.165, 1.54) is 25.7 Å². The highest BCUT2D eigenvalue weighted by molar-refractivity contribution is 8.00. The van der Waals surface area contributed by atoms with Crippen molar-refractivity contribution in [2.45, 2.75) is 50.8 Å². The van der Waals surface area contributed by atoms with Crippen molar-refractivity contribution in [3.8, 4) is 0 Å². The highest BCUT2D eigenvalue weighted by Crippen LogP contribution is 2.30. The van der Waals surface area contributed by atoms with Crippen LogP contribution in [0.4, 0.5) is 0 Å². The molecule has 1 atom stereocenters. The Morgan fingerprint density at radius 1 is 1.40 bits per heavy atom. The molecule has 1 saturated heterocycles. The molecule has 1 aliphatic heterocycles. The Balaban J connectivity index is 1.71. The highest BCUT2D eigenvalue weighted by atomic mass is 32.2. The van der Waals surface area contributed by atoms with Crippen molar-refractivity contribution in [2.24, 2.45) is 5.92 Å². The molecule has 1 saturated carbocycles. The van der Waals surface area contributed by atoms with Crippen molar-refractivity contribution >= 4 is 17.7 Å². The standard InChI is InChI=1S/C12H21NOS/c1-10-13(8-9-15-10)12(14)7-6-11-4-2-3-5-11/h10-11H,2-9H2,1H3. The van der Waals surface area contributed by atoms with Crippen LogP contribution in [0.25, 0.3) is 0 Å². The molecule has 1 heterocycles. The summed E-state index contributed by atoms with van der Waals surface area (Å²) in [7, 11) is 0. The fraction of sp³-hybridized carbons (Fsp3) is 0.917. The molecule has 0 aromatic carbocycles. The summed E-state index contributed by atoms with van der Waals surface area (Å²) in [6.07, 6.45) is 7.40. The van der Waals surface area contributed by atoms with Crippen LogP contribution in [0.5, 0.6) is 0 Å². The summed E-state index contributed by atoms with van der Waals surface area (Å²) in [6, 6.07) is 0. The van der Waals surface area contributed by atoms with E-state index in [0.29, 0.717) is 11.3 Å². The van der Waals surface area contributed by atoms with E-state index in [1.54, 1.807) is 0 Å². The van der Waals surface area contributed by atoms with Gasteiger partial charge in [0.05, 0.1) is 5.37 Å². The van der Waals surface area contributed by atoms with Crippen LogP contribution in [0.15, 0.2) is 0 Å². The number of rotatable bonds is 3. The lowest BCUT2D eigenvalue weighted by Gasteiger charge is -2.21. The molecule has 86 valence electrons. The number of hydrogen-bond acceptors (Lipinski definition) is 2. The van der Waals surface area contributed by atoms with Crippen LogP contribution in [0.2, 0.25) is 0 Å². The lowest BCUT2D eigenvalue weighted by atomic mass is 10.0. The molecule has 15 heavy (non-hydrogen) atoms. The fourth-order valence-electron chi connectivity index (χ4n) is 2.69. The molecule has 0 aromatic heterocycles. The first kappa shape index (κ1) is 11.3. The number of carbonyl (C=O) groups is 1. The molecule has 2 fully saturated rings. The first-order valence-electron chi connectivity index (χ1n) is 6.18. The molecule has 0 radical (unpaired) electrons. The Morgan fingerprint density at radius 3 is 2.73 bits per heavy atom. The van der Waals surface area contributed by atoms with Crippen LogP contribution in [0, 0.1) is 5.92 Å². The summed E-state index contributed by atoms with van der Waals surface area (Å²) in [5.74, 6) is 2.36. The van der Waals surface area contributed by atoms with E-state index >= 15 is 0 Å². The van der Waals surface area contributed by atoms with Crippen molar-refractivity contribution < 1.29 is 4.79 Å². The summed E-state index contributed by atoms with van der Waals surface area (Å²) < 4.78 is 0. The van der Waals surface area contributed by atoms with Gasteiger partial charge in [0.2, 0.25) is 5.91 Å². The second kappa shape index (κ2) is 5.24. The van der Waals surface area contributed by atoms with E-state index in [9.17, 15) is 4.79 Å². The fourth-order valence-corrected chi connectivity index (χ4v) is 3.74. The molecule has 0 N–H and O–H groups in total. The van der Waals surface area contributed by atoms with Crippen LogP contribution >= 0.6 is 11.8 Å². The average Bonchev–Trinajstić information content (AvgIpc) is 2.84. The third-order valence-electron chi connectivity index (χ3n) is 3.69. The molecule has 2 aliphatic rings. The summed E-state index contributed by atoms with van der Waals surface area (Å²) in [6.45, 7) is 3.11. The van der Waals surface area contributed by atoms with Gasteiger partial charge in [-0.1, -0.05) is 25.7 Å². The average molecular weight is 227 g/mol. The largest absolute Gasteiger partial charge is 0.330 e. The van der Waals surface area contributed by atoms with Crippen LogP contribution in [0.3, 0.4) is 0 Å². The Kier molecular flexibility index (Phi) is 3.95. The summed E-state index contributed by atoms with van der Waals surface area (Å²) in [5.41, 5.74) is 0. The Hall–Kier alpha value is -0.180. The maximum absolute atomic E-state index is 11.9. The van der Waals surface area contributed by atoms with Gasteiger partial charge in [-0.3, -0.25) is 4.79 Å². The third kappa shape index (κ3) is 2.90. The first-order valence-corrected chi connectivity index (χ1v) is 7.23. The van der Waals surface area contributed by atoms with Gasteiger partial charge in [-0.15, -0.1) is 11.8 Å². The quantitative estimate of drug-likeness (QED) is 0.739. The number of carbonyl (C=O) groups excluding carboxylic acids is 1. The van der Waals surface area contributed by atoms with Crippen LogP contribution in [-0.4, -0.2) is 28.5 Å². The van der Waals surface area contributed by atoms with E-state index in [1.807, 2.05) is 11.8 Å². The van der Waals surface area contributed by atoms with Crippen LogP contribution in [0.1, 0.15) is 45.4 Å². The topological polar surface area (TPSA) is 20.3 Å². The minimum Gasteiger partial charge on any atom is -0.330 e. The van der Waals surface area contributed by atoms with Gasteiger partial charge in [0, 0.05) is 18.7 Å². The molecule has 2 rings (SSSR count). The molecule has 1 amide bonds. The van der Waals surface area contributed by atoms with Gasteiger partial charge in [-0.2, -0.15) is 0 Å². The second-order valence-corrected chi connectivity index (χ2v) is 6.17. The Labute approximate surface area is 96.8 Å². The lowest BCUT2D eigenvalue weighted by Crippen LogP contribution is -2.33. The van der Waals surface area contributed by atoms with E-state index in [-0.39, 0.29) is 0 Å². The highest BCUT2D eigenvalue weighted by Gasteiger charge is 2.26. The van der Waals surface area contributed by atoms with Crippen molar-refractivity contribution in [1.82, 2.24) is 4.90 Å². The number of amides is 1. The SMILES string of the molecule is CC1SCCN1C(=O)CCC1CCCC1. The molecule has 0 spiro atoms. The minimum absolute atomic E-state index is 0.388. The molecule has 0 bridgehead atoms. The zero-order valence-corrected chi connectivity index (χ0v) is 10.4. The summed E-state index contributed by atoms with van der Waals surface area (Å²) >= 11 is 1.90. The first-order chi connectivity index (χ1) is 7.27. The number of thioether (sulfide) groups is 1. The van der Waals surface area contributed by atoms with Gasteiger partial charge in [0.15, 0.2) is 0 Å². The lowest BCUT2D eigenvalue weighted by molar-refractivity contribution is -0.131. The van der Waals surface area contributed by atoms with Crippen molar-refractivity contribution in [3.63, 3.8) is 0 Å². The predicted molar refractivity (Wildman–Crippen MR) is 64.8 cm³/mol. The van der Waals surface area contributed by atoms with Crippen LogP contribution < -0.4 is 0 Å². The molecule has 1 aliphatic carbocycles. The van der Waals surface area contributed by atoms with E-state index < -0.39 is 0 Å². The van der Waals surface area contributed by atoms with E-state index in [4.69, 9.17) is 0 Å². The van der Waals surface area contributed by atoms with Gasteiger partial charge in [0.1, 0.15) is 0 Å². The maximum atomic E-state index is 11.9. The van der Waals surface area contributed by atoms with Crippen molar-refractivity contribution in [3.05, 3.63) is 0 Å². The molecular weight excluding hydrogens is 206 g/mol. The molecule has 1 unspecified atom stereocenters. The minimum atomic E-state index is 0.388. The smallest absolute Gasteiger partial charge is 0.223 e. The van der Waals surface area contributed by atoms with E-state index in [2.05, 4.69) is 11.8 Å².